The number of nitrogen functional groups attached to an aromatic ring is 1. The summed E-state index contributed by atoms with van der Waals surface area (Å²) in [6, 6.07) is 7.39. The SMILES string of the molecule is COc1c(N2CCOCC2)cc(C(=O)C[n+]2nc(N)n3nc(OC(C)C)ccc32)cc1C(C)(C)C. The molecule has 3 heterocycles. The number of ether oxygens (including phenoxy) is 3. The number of ketones is 1. The van der Waals surface area contributed by atoms with Crippen molar-refractivity contribution in [2.75, 3.05) is 44.0 Å². The molecule has 0 bridgehead atoms. The molecule has 0 aliphatic carbocycles. The van der Waals surface area contributed by atoms with Crippen molar-refractivity contribution in [2.24, 2.45) is 0 Å². The Labute approximate surface area is 205 Å². The fraction of sp³-hybridized carbons (Fsp3) is 0.520. The van der Waals surface area contributed by atoms with Crippen molar-refractivity contribution in [3.63, 3.8) is 0 Å². The molecule has 188 valence electrons. The van der Waals surface area contributed by atoms with Gasteiger partial charge in [-0.2, -0.15) is 0 Å². The largest absolute Gasteiger partial charge is 0.494 e. The summed E-state index contributed by atoms with van der Waals surface area (Å²) in [5.41, 5.74) is 8.95. The zero-order valence-electron chi connectivity index (χ0n) is 21.4. The van der Waals surface area contributed by atoms with Gasteiger partial charge in [-0.3, -0.25) is 4.79 Å². The minimum atomic E-state index is -0.224. The van der Waals surface area contributed by atoms with Crippen molar-refractivity contribution in [1.82, 2.24) is 14.7 Å². The lowest BCUT2D eigenvalue weighted by atomic mass is 9.84. The monoisotopic (exact) mass is 483 g/mol. The highest BCUT2D eigenvalue weighted by Crippen LogP contribution is 2.40. The van der Waals surface area contributed by atoms with E-state index in [0.717, 1.165) is 30.1 Å². The first-order valence-electron chi connectivity index (χ1n) is 11.9. The Morgan fingerprint density at radius 1 is 1.23 bits per heavy atom. The average molecular weight is 484 g/mol. The number of rotatable bonds is 7. The summed E-state index contributed by atoms with van der Waals surface area (Å²) in [5, 5.41) is 8.76. The number of nitrogens with two attached hydrogens (primary N) is 1. The number of carbonyl (C=O) groups is 1. The number of benzene rings is 1. The van der Waals surface area contributed by atoms with Crippen LogP contribution in [0.4, 0.5) is 11.6 Å². The maximum atomic E-state index is 13.6. The number of carbonyl (C=O) groups excluding carboxylic acids is 1. The lowest BCUT2D eigenvalue weighted by Gasteiger charge is -2.33. The van der Waals surface area contributed by atoms with Gasteiger partial charge in [0, 0.05) is 36.3 Å². The van der Waals surface area contributed by atoms with E-state index in [2.05, 4.69) is 35.9 Å². The fourth-order valence-corrected chi connectivity index (χ4v) is 4.21. The van der Waals surface area contributed by atoms with Crippen molar-refractivity contribution in [1.29, 1.82) is 0 Å². The summed E-state index contributed by atoms with van der Waals surface area (Å²) in [6.45, 7) is 13.0. The highest BCUT2D eigenvalue weighted by Gasteiger charge is 2.29. The molecule has 1 aliphatic heterocycles. The van der Waals surface area contributed by atoms with E-state index in [-0.39, 0.29) is 29.8 Å². The smallest absolute Gasteiger partial charge is 0.355 e. The van der Waals surface area contributed by atoms with E-state index in [0.29, 0.717) is 30.3 Å². The molecule has 35 heavy (non-hydrogen) atoms. The topological polar surface area (TPSA) is 108 Å². The summed E-state index contributed by atoms with van der Waals surface area (Å²) >= 11 is 0. The van der Waals surface area contributed by atoms with Gasteiger partial charge in [0.1, 0.15) is 5.75 Å². The molecule has 0 radical (unpaired) electrons. The molecule has 0 unspecified atom stereocenters. The van der Waals surface area contributed by atoms with Gasteiger partial charge in [-0.05, 0) is 41.6 Å². The summed E-state index contributed by atoms with van der Waals surface area (Å²) < 4.78 is 20.1. The molecule has 2 aromatic heterocycles. The Hall–Kier alpha value is -3.40. The number of Topliss-reactive ketones (excluding diaryl/α,β-unsaturated/α-hetero) is 1. The lowest BCUT2D eigenvalue weighted by Crippen LogP contribution is -2.41. The van der Waals surface area contributed by atoms with Crippen molar-refractivity contribution < 1.29 is 23.7 Å². The first-order chi connectivity index (χ1) is 16.6. The summed E-state index contributed by atoms with van der Waals surface area (Å²) in [4.78, 5) is 15.8. The quantitative estimate of drug-likeness (QED) is 0.403. The number of aromatic nitrogens is 4. The van der Waals surface area contributed by atoms with Crippen molar-refractivity contribution in [3.8, 4) is 11.6 Å². The van der Waals surface area contributed by atoms with Gasteiger partial charge in [-0.25, -0.2) is 0 Å². The van der Waals surface area contributed by atoms with Crippen LogP contribution in [0.3, 0.4) is 0 Å². The van der Waals surface area contributed by atoms with Crippen molar-refractivity contribution in [2.45, 2.75) is 52.7 Å². The van der Waals surface area contributed by atoms with Crippen LogP contribution in [0.15, 0.2) is 24.3 Å². The first-order valence-corrected chi connectivity index (χ1v) is 11.9. The van der Waals surface area contributed by atoms with Crippen LogP contribution >= 0.6 is 0 Å². The van der Waals surface area contributed by atoms with E-state index in [9.17, 15) is 4.79 Å². The third-order valence-electron chi connectivity index (χ3n) is 5.90. The van der Waals surface area contributed by atoms with Crippen LogP contribution in [0.2, 0.25) is 0 Å². The predicted molar refractivity (Wildman–Crippen MR) is 132 cm³/mol. The molecule has 10 heteroatoms. The maximum Gasteiger partial charge on any atom is 0.355 e. The van der Waals surface area contributed by atoms with Crippen molar-refractivity contribution in [3.05, 3.63) is 35.4 Å². The van der Waals surface area contributed by atoms with Crippen LogP contribution in [-0.2, 0) is 16.7 Å². The normalized spacial score (nSPS) is 14.5. The van der Waals surface area contributed by atoms with E-state index in [4.69, 9.17) is 19.9 Å². The summed E-state index contributed by atoms with van der Waals surface area (Å²) in [6.07, 6.45) is -0.0221. The van der Waals surface area contributed by atoms with Crippen molar-refractivity contribution >= 4 is 23.1 Å². The molecule has 1 fully saturated rings. The number of nitrogens with zero attached hydrogens (tertiary/aromatic N) is 5. The second kappa shape index (κ2) is 9.69. The van der Waals surface area contributed by atoms with E-state index in [1.807, 2.05) is 26.0 Å². The number of anilines is 2. The highest BCUT2D eigenvalue weighted by atomic mass is 16.5. The Balaban J connectivity index is 1.72. The molecule has 0 saturated carbocycles. The van der Waals surface area contributed by atoms with Gasteiger partial charge in [-0.15, -0.1) is 4.68 Å². The maximum absolute atomic E-state index is 13.6. The van der Waals surface area contributed by atoms with E-state index >= 15 is 0 Å². The fourth-order valence-electron chi connectivity index (χ4n) is 4.21. The molecular formula is C25H35N6O4+. The number of hydrogen-bond donors (Lipinski definition) is 1. The van der Waals surface area contributed by atoms with Crippen LogP contribution in [0.5, 0.6) is 11.6 Å². The van der Waals surface area contributed by atoms with Crippen LogP contribution < -0.4 is 24.8 Å². The molecule has 1 aromatic carbocycles. The zero-order chi connectivity index (χ0) is 25.3. The summed E-state index contributed by atoms with van der Waals surface area (Å²) in [7, 11) is 1.68. The van der Waals surface area contributed by atoms with E-state index in [1.54, 1.807) is 23.9 Å². The second-order valence-electron chi connectivity index (χ2n) is 9.97. The van der Waals surface area contributed by atoms with Gasteiger partial charge in [0.05, 0.1) is 32.1 Å². The standard InChI is InChI=1S/C25H35N6O4/c1-16(2)35-21-7-8-22-30(28-24(26)31(22)27-21)15-20(32)17-13-18(25(3,4)5)23(33-6)19(14-17)29-9-11-34-12-10-29/h7-8,13-14,16H,9-12,15H2,1-6H3,(H2,26,28)/q+1. The highest BCUT2D eigenvalue weighted by molar-refractivity contribution is 5.97. The molecule has 10 nitrogen and oxygen atoms in total. The Morgan fingerprint density at radius 2 is 1.94 bits per heavy atom. The molecule has 4 rings (SSSR count). The third kappa shape index (κ3) is 5.17. The van der Waals surface area contributed by atoms with Gasteiger partial charge in [0.2, 0.25) is 5.78 Å². The van der Waals surface area contributed by atoms with Crippen LogP contribution in [0.1, 0.15) is 50.5 Å². The number of fused-ring (bicyclic) bond motifs is 1. The van der Waals surface area contributed by atoms with Crippen LogP contribution in [0, 0.1) is 0 Å². The lowest BCUT2D eigenvalue weighted by molar-refractivity contribution is -0.714. The molecule has 2 N–H and O–H groups in total. The molecule has 0 atom stereocenters. The zero-order valence-corrected chi connectivity index (χ0v) is 21.4. The van der Waals surface area contributed by atoms with Gasteiger partial charge < -0.3 is 24.8 Å². The summed E-state index contributed by atoms with van der Waals surface area (Å²) in [5.74, 6) is 1.33. The predicted octanol–water partition coefficient (Wildman–Crippen LogP) is 2.41. The van der Waals surface area contributed by atoms with E-state index in [1.165, 1.54) is 4.52 Å². The molecule has 1 aliphatic rings. The molecular weight excluding hydrogens is 448 g/mol. The Bertz CT molecular complexity index is 1220. The minimum Gasteiger partial charge on any atom is -0.494 e. The Morgan fingerprint density at radius 3 is 2.57 bits per heavy atom. The average Bonchev–Trinajstić information content (AvgIpc) is 3.12. The molecule has 0 amide bonds. The Kier molecular flexibility index (Phi) is 6.84. The van der Waals surface area contributed by atoms with Gasteiger partial charge in [0.25, 0.3) is 5.88 Å². The molecule has 1 saturated heterocycles. The van der Waals surface area contributed by atoms with Gasteiger partial charge in [0.15, 0.2) is 6.54 Å². The first kappa shape index (κ1) is 24.7. The number of methoxy groups -OCH3 is 1. The second-order valence-corrected chi connectivity index (χ2v) is 9.97. The number of hydrogen-bond acceptors (Lipinski definition) is 8. The van der Waals surface area contributed by atoms with Crippen LogP contribution in [0.25, 0.3) is 5.65 Å². The van der Waals surface area contributed by atoms with Crippen LogP contribution in [-0.4, -0.2) is 60.0 Å². The number of morpholine rings is 1. The minimum absolute atomic E-state index is 0.0191. The van der Waals surface area contributed by atoms with Gasteiger partial charge >= 0.3 is 11.6 Å². The van der Waals surface area contributed by atoms with E-state index < -0.39 is 0 Å². The molecule has 0 spiro atoms. The molecule has 3 aromatic rings. The van der Waals surface area contributed by atoms with Gasteiger partial charge in [-0.1, -0.05) is 25.3 Å². The third-order valence-corrected chi connectivity index (χ3v) is 5.90.